The Morgan fingerprint density at radius 2 is 1.56 bits per heavy atom. The van der Waals surface area contributed by atoms with Crippen molar-refractivity contribution in [2.45, 2.75) is 44.8 Å². The average molecular weight is 333 g/mol. The Balaban J connectivity index is 1.65. The topological polar surface area (TPSA) is 18.8 Å². The van der Waals surface area contributed by atoms with Crippen molar-refractivity contribution in [2.24, 2.45) is 4.99 Å². The van der Waals surface area contributed by atoms with Crippen LogP contribution in [0, 0.1) is 0 Å². The minimum Gasteiger partial charge on any atom is -0.338 e. The third kappa shape index (κ3) is 3.15. The first kappa shape index (κ1) is 16.2. The molecule has 4 rings (SSSR count). The van der Waals surface area contributed by atoms with Crippen LogP contribution < -0.4 is 0 Å². The standard InChI is InChI=1S/C22H27N3/c1-17(19-10-5-3-6-11-19)23-22-24-15-9-14-21(24)16-25(22)18(2)20-12-7-4-8-13-20/h3-8,10-13,17-18,21H,9,14-16H2,1-2H3/t17-,18-,21-/m0/s1. The summed E-state index contributed by atoms with van der Waals surface area (Å²) in [7, 11) is 0. The maximum atomic E-state index is 5.19. The fraction of sp³-hybridized carbons (Fsp3) is 0.409. The molecule has 130 valence electrons. The first-order valence-corrected chi connectivity index (χ1v) is 9.45. The van der Waals surface area contributed by atoms with Gasteiger partial charge >= 0.3 is 0 Å². The van der Waals surface area contributed by atoms with Crippen molar-refractivity contribution in [3.8, 4) is 0 Å². The van der Waals surface area contributed by atoms with Crippen molar-refractivity contribution < 1.29 is 0 Å². The van der Waals surface area contributed by atoms with Gasteiger partial charge in [-0.25, -0.2) is 4.99 Å². The van der Waals surface area contributed by atoms with Crippen LogP contribution in [0.4, 0.5) is 0 Å². The zero-order valence-electron chi connectivity index (χ0n) is 15.2. The summed E-state index contributed by atoms with van der Waals surface area (Å²) in [5, 5.41) is 0. The molecule has 0 bridgehead atoms. The van der Waals surface area contributed by atoms with E-state index in [0.717, 1.165) is 13.1 Å². The first-order chi connectivity index (χ1) is 12.2. The monoisotopic (exact) mass is 333 g/mol. The van der Waals surface area contributed by atoms with Gasteiger partial charge in [-0.2, -0.15) is 0 Å². The van der Waals surface area contributed by atoms with Gasteiger partial charge in [-0.15, -0.1) is 0 Å². The molecule has 25 heavy (non-hydrogen) atoms. The Hall–Kier alpha value is -2.29. The molecule has 3 heteroatoms. The van der Waals surface area contributed by atoms with Gasteiger partial charge in [-0.1, -0.05) is 60.7 Å². The molecule has 0 N–H and O–H groups in total. The van der Waals surface area contributed by atoms with Gasteiger partial charge in [0.2, 0.25) is 0 Å². The Labute approximate surface area is 151 Å². The number of rotatable bonds is 4. The molecule has 0 radical (unpaired) electrons. The van der Waals surface area contributed by atoms with Crippen LogP contribution in [0.3, 0.4) is 0 Å². The van der Waals surface area contributed by atoms with Gasteiger partial charge < -0.3 is 9.80 Å². The van der Waals surface area contributed by atoms with Crippen molar-refractivity contribution in [3.05, 3.63) is 71.8 Å². The minimum atomic E-state index is 0.182. The molecular formula is C22H27N3. The molecule has 0 saturated carbocycles. The maximum absolute atomic E-state index is 5.19. The van der Waals surface area contributed by atoms with E-state index >= 15 is 0 Å². The zero-order chi connectivity index (χ0) is 17.2. The van der Waals surface area contributed by atoms with E-state index in [1.165, 1.54) is 29.9 Å². The van der Waals surface area contributed by atoms with Gasteiger partial charge in [0.25, 0.3) is 0 Å². The number of guanidine groups is 1. The normalized spacial score (nSPS) is 23.8. The van der Waals surface area contributed by atoms with Crippen LogP contribution in [0.1, 0.15) is 49.9 Å². The van der Waals surface area contributed by atoms with Crippen LogP contribution in [0.25, 0.3) is 0 Å². The second-order valence-corrected chi connectivity index (χ2v) is 7.24. The van der Waals surface area contributed by atoms with Gasteiger partial charge in [0.1, 0.15) is 0 Å². The Bertz CT molecular complexity index is 725. The lowest BCUT2D eigenvalue weighted by atomic mass is 10.1. The van der Waals surface area contributed by atoms with Crippen molar-refractivity contribution in [3.63, 3.8) is 0 Å². The number of hydrogen-bond donors (Lipinski definition) is 0. The molecule has 0 aliphatic carbocycles. The second-order valence-electron chi connectivity index (χ2n) is 7.24. The fourth-order valence-corrected chi connectivity index (χ4v) is 4.13. The summed E-state index contributed by atoms with van der Waals surface area (Å²) in [5.41, 5.74) is 2.65. The van der Waals surface area contributed by atoms with Gasteiger partial charge in [0, 0.05) is 19.1 Å². The molecule has 2 aromatic carbocycles. The number of benzene rings is 2. The third-order valence-electron chi connectivity index (χ3n) is 5.64. The van der Waals surface area contributed by atoms with Crippen molar-refractivity contribution in [1.82, 2.24) is 9.80 Å². The van der Waals surface area contributed by atoms with Crippen molar-refractivity contribution in [1.29, 1.82) is 0 Å². The highest BCUT2D eigenvalue weighted by atomic mass is 15.5. The zero-order valence-corrected chi connectivity index (χ0v) is 15.2. The molecule has 2 heterocycles. The highest BCUT2D eigenvalue weighted by molar-refractivity contribution is 5.83. The molecule has 0 amide bonds. The van der Waals surface area contributed by atoms with E-state index < -0.39 is 0 Å². The molecule has 2 aliphatic heterocycles. The molecular weight excluding hydrogens is 306 g/mol. The Kier molecular flexibility index (Phi) is 4.48. The van der Waals surface area contributed by atoms with Gasteiger partial charge in [0.05, 0.1) is 12.1 Å². The highest BCUT2D eigenvalue weighted by Crippen LogP contribution is 2.34. The van der Waals surface area contributed by atoms with E-state index in [1.54, 1.807) is 0 Å². The molecule has 0 spiro atoms. The van der Waals surface area contributed by atoms with Crippen LogP contribution in [0.15, 0.2) is 65.7 Å². The second kappa shape index (κ2) is 6.91. The van der Waals surface area contributed by atoms with Gasteiger partial charge in [0.15, 0.2) is 5.96 Å². The third-order valence-corrected chi connectivity index (χ3v) is 5.64. The van der Waals surface area contributed by atoms with Gasteiger partial charge in [-0.3, -0.25) is 0 Å². The number of hydrogen-bond acceptors (Lipinski definition) is 1. The van der Waals surface area contributed by atoms with Crippen LogP contribution >= 0.6 is 0 Å². The van der Waals surface area contributed by atoms with E-state index in [9.17, 15) is 0 Å². The van der Waals surface area contributed by atoms with Crippen LogP contribution in [-0.2, 0) is 0 Å². The van der Waals surface area contributed by atoms with Crippen LogP contribution in [0.5, 0.6) is 0 Å². The molecule has 2 aromatic rings. The summed E-state index contributed by atoms with van der Waals surface area (Å²) in [6, 6.07) is 22.6. The summed E-state index contributed by atoms with van der Waals surface area (Å²) in [5.74, 6) is 1.19. The van der Waals surface area contributed by atoms with Gasteiger partial charge in [-0.05, 0) is 37.8 Å². The minimum absolute atomic E-state index is 0.182. The Morgan fingerprint density at radius 1 is 0.920 bits per heavy atom. The van der Waals surface area contributed by atoms with E-state index in [4.69, 9.17) is 4.99 Å². The average Bonchev–Trinajstić information content (AvgIpc) is 3.25. The first-order valence-electron chi connectivity index (χ1n) is 9.45. The SMILES string of the molecule is C[C@H](N=C1N2CCC[C@H]2CN1[C@@H](C)c1ccccc1)c1ccccc1. The molecule has 2 fully saturated rings. The van der Waals surface area contributed by atoms with E-state index in [0.29, 0.717) is 12.1 Å². The lowest BCUT2D eigenvalue weighted by molar-refractivity contribution is 0.345. The smallest absolute Gasteiger partial charge is 0.198 e. The molecule has 2 saturated heterocycles. The number of aliphatic imine (C=N–C) groups is 1. The van der Waals surface area contributed by atoms with E-state index in [1.807, 2.05) is 0 Å². The summed E-state index contributed by atoms with van der Waals surface area (Å²) in [6.07, 6.45) is 2.58. The van der Waals surface area contributed by atoms with Crippen LogP contribution in [0.2, 0.25) is 0 Å². The summed E-state index contributed by atoms with van der Waals surface area (Å²) in [6.45, 7) is 6.75. The number of fused-ring (bicyclic) bond motifs is 1. The van der Waals surface area contributed by atoms with E-state index in [2.05, 4.69) is 84.3 Å². The molecule has 3 atom stereocenters. The quantitative estimate of drug-likeness (QED) is 0.811. The van der Waals surface area contributed by atoms with Crippen molar-refractivity contribution in [2.75, 3.05) is 13.1 Å². The lowest BCUT2D eigenvalue weighted by Gasteiger charge is -2.29. The predicted octanol–water partition coefficient (Wildman–Crippen LogP) is 4.64. The summed E-state index contributed by atoms with van der Waals surface area (Å²) >= 11 is 0. The summed E-state index contributed by atoms with van der Waals surface area (Å²) < 4.78 is 0. The highest BCUT2D eigenvalue weighted by Gasteiger charge is 2.40. The predicted molar refractivity (Wildman–Crippen MR) is 104 cm³/mol. The lowest BCUT2D eigenvalue weighted by Crippen LogP contribution is -2.35. The fourth-order valence-electron chi connectivity index (χ4n) is 4.13. The summed E-state index contributed by atoms with van der Waals surface area (Å²) in [4.78, 5) is 10.2. The molecule has 2 aliphatic rings. The number of nitrogens with zero attached hydrogens (tertiary/aromatic N) is 3. The van der Waals surface area contributed by atoms with Crippen molar-refractivity contribution >= 4 is 5.96 Å². The maximum Gasteiger partial charge on any atom is 0.198 e. The molecule has 0 aromatic heterocycles. The van der Waals surface area contributed by atoms with E-state index in [-0.39, 0.29) is 6.04 Å². The molecule has 0 unspecified atom stereocenters. The Morgan fingerprint density at radius 3 is 2.24 bits per heavy atom. The largest absolute Gasteiger partial charge is 0.338 e. The molecule has 3 nitrogen and oxygen atoms in total. The van der Waals surface area contributed by atoms with Crippen LogP contribution in [-0.4, -0.2) is 34.9 Å².